The second-order valence-corrected chi connectivity index (χ2v) is 2.63. The van der Waals surface area contributed by atoms with E-state index < -0.39 is 17.5 Å². The molecule has 0 saturated carbocycles. The second kappa shape index (κ2) is 5.26. The van der Waals surface area contributed by atoms with Crippen LogP contribution < -0.4 is 4.74 Å². The number of ether oxygens (including phenoxy) is 2. The van der Waals surface area contributed by atoms with E-state index in [-0.39, 0.29) is 12.5 Å². The third kappa shape index (κ3) is 3.17. The van der Waals surface area contributed by atoms with Crippen LogP contribution in [0.5, 0.6) is 5.88 Å². The number of aromatic carboxylic acids is 1. The lowest BCUT2D eigenvalue weighted by Crippen LogP contribution is -2.09. The van der Waals surface area contributed by atoms with Crippen LogP contribution in [0.15, 0.2) is 12.1 Å². The van der Waals surface area contributed by atoms with Crippen molar-refractivity contribution in [3.05, 3.63) is 23.6 Å². The highest BCUT2D eigenvalue weighted by atomic mass is 19.1. The molecule has 5 nitrogen and oxygen atoms in total. The highest BCUT2D eigenvalue weighted by molar-refractivity contribution is 5.85. The first-order chi connectivity index (χ1) is 7.15. The van der Waals surface area contributed by atoms with Crippen molar-refractivity contribution in [2.75, 3.05) is 20.3 Å². The molecule has 1 heterocycles. The Bertz CT molecular complexity index is 356. The van der Waals surface area contributed by atoms with Gasteiger partial charge in [-0.05, 0) is 6.07 Å². The lowest BCUT2D eigenvalue weighted by atomic mass is 10.3. The van der Waals surface area contributed by atoms with Crippen molar-refractivity contribution >= 4 is 5.97 Å². The smallest absolute Gasteiger partial charge is 0.357 e. The molecule has 15 heavy (non-hydrogen) atoms. The van der Waals surface area contributed by atoms with Gasteiger partial charge in [-0.15, -0.1) is 0 Å². The largest absolute Gasteiger partial charge is 0.476 e. The molecule has 0 unspecified atom stereocenters. The summed E-state index contributed by atoms with van der Waals surface area (Å²) in [6.45, 7) is 0.579. The fourth-order valence-electron chi connectivity index (χ4n) is 0.884. The van der Waals surface area contributed by atoms with Crippen molar-refractivity contribution in [1.29, 1.82) is 0 Å². The summed E-state index contributed by atoms with van der Waals surface area (Å²) in [6.07, 6.45) is 0. The standard InChI is InChI=1S/C9H10FNO4/c1-14-4-5-15-7-3-2-6(10)8(11-7)9(12)13/h2-3H,4-5H2,1H3,(H,12,13). The van der Waals surface area contributed by atoms with E-state index in [0.29, 0.717) is 6.61 Å². The van der Waals surface area contributed by atoms with Crippen LogP contribution in [0, 0.1) is 5.82 Å². The zero-order chi connectivity index (χ0) is 11.3. The number of pyridine rings is 1. The van der Waals surface area contributed by atoms with Crippen molar-refractivity contribution in [1.82, 2.24) is 4.98 Å². The van der Waals surface area contributed by atoms with Gasteiger partial charge in [-0.2, -0.15) is 0 Å². The first-order valence-electron chi connectivity index (χ1n) is 4.16. The van der Waals surface area contributed by atoms with E-state index in [4.69, 9.17) is 14.6 Å². The van der Waals surface area contributed by atoms with E-state index in [1.807, 2.05) is 0 Å². The van der Waals surface area contributed by atoms with Gasteiger partial charge >= 0.3 is 5.97 Å². The summed E-state index contributed by atoms with van der Waals surface area (Å²) >= 11 is 0. The van der Waals surface area contributed by atoms with Gasteiger partial charge < -0.3 is 14.6 Å². The predicted octanol–water partition coefficient (Wildman–Crippen LogP) is 0.944. The molecular weight excluding hydrogens is 205 g/mol. The van der Waals surface area contributed by atoms with Crippen molar-refractivity contribution < 1.29 is 23.8 Å². The lowest BCUT2D eigenvalue weighted by molar-refractivity contribution is 0.0683. The minimum absolute atomic E-state index is 0.0610. The molecule has 0 atom stereocenters. The molecule has 1 N–H and O–H groups in total. The number of rotatable bonds is 5. The fraction of sp³-hybridized carbons (Fsp3) is 0.333. The van der Waals surface area contributed by atoms with E-state index in [2.05, 4.69) is 4.98 Å². The number of hydrogen-bond donors (Lipinski definition) is 1. The maximum Gasteiger partial charge on any atom is 0.357 e. The highest BCUT2D eigenvalue weighted by Crippen LogP contribution is 2.11. The Labute approximate surface area is 85.5 Å². The molecule has 0 amide bonds. The van der Waals surface area contributed by atoms with Crippen molar-refractivity contribution in [2.45, 2.75) is 0 Å². The van der Waals surface area contributed by atoms with Crippen LogP contribution in [-0.4, -0.2) is 36.4 Å². The maximum atomic E-state index is 12.9. The SMILES string of the molecule is COCCOc1ccc(F)c(C(=O)O)n1. The zero-order valence-electron chi connectivity index (χ0n) is 8.07. The molecule has 82 valence electrons. The molecule has 1 aromatic heterocycles. The summed E-state index contributed by atoms with van der Waals surface area (Å²) in [6, 6.07) is 2.26. The first kappa shape index (κ1) is 11.4. The van der Waals surface area contributed by atoms with Crippen LogP contribution in [0.3, 0.4) is 0 Å². The summed E-state index contributed by atoms with van der Waals surface area (Å²) in [5, 5.41) is 8.58. The summed E-state index contributed by atoms with van der Waals surface area (Å²) in [5.41, 5.74) is -0.648. The molecule has 0 spiro atoms. The number of carboxylic acids is 1. The third-order valence-electron chi connectivity index (χ3n) is 1.56. The van der Waals surface area contributed by atoms with Crippen LogP contribution in [-0.2, 0) is 4.74 Å². The third-order valence-corrected chi connectivity index (χ3v) is 1.56. The van der Waals surface area contributed by atoms with Crippen LogP contribution >= 0.6 is 0 Å². The molecule has 0 aliphatic heterocycles. The Balaban J connectivity index is 2.74. The van der Waals surface area contributed by atoms with Gasteiger partial charge in [0.1, 0.15) is 6.61 Å². The zero-order valence-corrected chi connectivity index (χ0v) is 8.07. The minimum Gasteiger partial charge on any atom is -0.476 e. The van der Waals surface area contributed by atoms with Gasteiger partial charge in [-0.3, -0.25) is 0 Å². The Kier molecular flexibility index (Phi) is 3.99. The van der Waals surface area contributed by atoms with Crippen LogP contribution in [0.25, 0.3) is 0 Å². The van der Waals surface area contributed by atoms with Crippen molar-refractivity contribution in [2.24, 2.45) is 0 Å². The monoisotopic (exact) mass is 215 g/mol. The van der Waals surface area contributed by atoms with Crippen LogP contribution in [0.1, 0.15) is 10.5 Å². The van der Waals surface area contributed by atoms with Gasteiger partial charge in [0.05, 0.1) is 6.61 Å². The molecule has 6 heteroatoms. The Hall–Kier alpha value is -1.69. The Morgan fingerprint density at radius 2 is 2.27 bits per heavy atom. The highest BCUT2D eigenvalue weighted by Gasteiger charge is 2.13. The van der Waals surface area contributed by atoms with E-state index >= 15 is 0 Å². The van der Waals surface area contributed by atoms with E-state index in [9.17, 15) is 9.18 Å². The number of aromatic nitrogens is 1. The number of nitrogens with zero attached hydrogens (tertiary/aromatic N) is 1. The number of carboxylic acid groups (broad SMARTS) is 1. The summed E-state index contributed by atoms with van der Waals surface area (Å²) in [7, 11) is 1.50. The van der Waals surface area contributed by atoms with Crippen molar-refractivity contribution in [3.63, 3.8) is 0 Å². The van der Waals surface area contributed by atoms with Crippen LogP contribution in [0.2, 0.25) is 0 Å². The molecule has 1 aromatic rings. The average Bonchev–Trinajstić information content (AvgIpc) is 2.20. The normalized spacial score (nSPS) is 10.0. The Morgan fingerprint density at radius 3 is 2.87 bits per heavy atom. The quantitative estimate of drug-likeness (QED) is 0.740. The molecule has 0 radical (unpaired) electrons. The van der Waals surface area contributed by atoms with E-state index in [0.717, 1.165) is 6.07 Å². The van der Waals surface area contributed by atoms with Gasteiger partial charge in [0.25, 0.3) is 0 Å². The maximum absolute atomic E-state index is 12.9. The van der Waals surface area contributed by atoms with Gasteiger partial charge in [-0.25, -0.2) is 14.2 Å². The lowest BCUT2D eigenvalue weighted by Gasteiger charge is -2.05. The summed E-state index contributed by atoms with van der Waals surface area (Å²) in [5.74, 6) is -2.25. The molecule has 0 fully saturated rings. The minimum atomic E-state index is -1.43. The molecule has 0 aliphatic carbocycles. The predicted molar refractivity (Wildman–Crippen MR) is 48.5 cm³/mol. The number of hydrogen-bond acceptors (Lipinski definition) is 4. The van der Waals surface area contributed by atoms with E-state index in [1.54, 1.807) is 0 Å². The van der Waals surface area contributed by atoms with Crippen LogP contribution in [0.4, 0.5) is 4.39 Å². The first-order valence-corrected chi connectivity index (χ1v) is 4.16. The Morgan fingerprint density at radius 1 is 1.53 bits per heavy atom. The molecule has 1 rings (SSSR count). The number of methoxy groups -OCH3 is 1. The van der Waals surface area contributed by atoms with Gasteiger partial charge in [-0.1, -0.05) is 0 Å². The molecule has 0 aliphatic rings. The number of carbonyl (C=O) groups is 1. The van der Waals surface area contributed by atoms with E-state index in [1.165, 1.54) is 13.2 Å². The van der Waals surface area contributed by atoms with Gasteiger partial charge in [0, 0.05) is 13.2 Å². The topological polar surface area (TPSA) is 68.7 Å². The van der Waals surface area contributed by atoms with Gasteiger partial charge in [0.2, 0.25) is 5.88 Å². The number of halogens is 1. The fourth-order valence-corrected chi connectivity index (χ4v) is 0.884. The molecule has 0 aromatic carbocycles. The molecular formula is C9H10FNO4. The van der Waals surface area contributed by atoms with Gasteiger partial charge in [0.15, 0.2) is 11.5 Å². The summed E-state index contributed by atoms with van der Waals surface area (Å²) < 4.78 is 22.6. The summed E-state index contributed by atoms with van der Waals surface area (Å²) in [4.78, 5) is 14.0. The average molecular weight is 215 g/mol. The molecule has 0 bridgehead atoms. The molecule has 0 saturated heterocycles. The van der Waals surface area contributed by atoms with Crippen molar-refractivity contribution in [3.8, 4) is 5.88 Å². The second-order valence-electron chi connectivity index (χ2n) is 2.63.